The molecule has 3 rings (SSSR count). The summed E-state index contributed by atoms with van der Waals surface area (Å²) in [6, 6.07) is 10.7. The molecule has 0 unspecified atom stereocenters. The number of amides is 2. The number of hydrogen-bond acceptors (Lipinski definition) is 5. The number of para-hydroxylation sites is 2. The summed E-state index contributed by atoms with van der Waals surface area (Å²) in [5.41, 5.74) is 8.76. The Morgan fingerprint density at radius 1 is 1.11 bits per heavy atom. The summed E-state index contributed by atoms with van der Waals surface area (Å²) in [5, 5.41) is 2.93. The van der Waals surface area contributed by atoms with Gasteiger partial charge in [-0.05, 0) is 41.8 Å². The second kappa shape index (κ2) is 8.18. The smallest absolute Gasteiger partial charge is 0.322 e. The second-order valence-corrected chi connectivity index (χ2v) is 6.23. The topological polar surface area (TPSA) is 86.0 Å². The predicted molar refractivity (Wildman–Crippen MR) is 104 cm³/mol. The maximum absolute atomic E-state index is 12.9. The molecule has 0 saturated heterocycles. The molecule has 0 spiro atoms. The lowest BCUT2D eigenvalue weighted by atomic mass is 9.92. The van der Waals surface area contributed by atoms with Crippen molar-refractivity contribution in [1.29, 1.82) is 0 Å². The Morgan fingerprint density at radius 2 is 1.78 bits per heavy atom. The normalized spacial score (nSPS) is 15.7. The molecule has 2 amide bonds. The van der Waals surface area contributed by atoms with Crippen LogP contribution >= 0.6 is 0 Å². The average Bonchev–Trinajstić information content (AvgIpc) is 2.71. The zero-order chi connectivity index (χ0) is 19.4. The first kappa shape index (κ1) is 18.8. The lowest BCUT2D eigenvalue weighted by molar-refractivity contribution is 0.184. The van der Waals surface area contributed by atoms with Gasteiger partial charge in [0.1, 0.15) is 5.75 Å². The Balaban J connectivity index is 1.88. The van der Waals surface area contributed by atoms with Crippen LogP contribution in [0.2, 0.25) is 0 Å². The van der Waals surface area contributed by atoms with Crippen molar-refractivity contribution in [3.05, 3.63) is 47.5 Å². The fourth-order valence-electron chi connectivity index (χ4n) is 3.46. The van der Waals surface area contributed by atoms with Gasteiger partial charge in [-0.15, -0.1) is 0 Å². The van der Waals surface area contributed by atoms with Crippen LogP contribution in [0.25, 0.3) is 0 Å². The minimum Gasteiger partial charge on any atom is -0.495 e. The van der Waals surface area contributed by atoms with Gasteiger partial charge in [0.05, 0.1) is 33.1 Å². The minimum atomic E-state index is -0.247. The predicted octanol–water partition coefficient (Wildman–Crippen LogP) is 2.80. The summed E-state index contributed by atoms with van der Waals surface area (Å²) in [5.74, 6) is 1.92. The molecule has 7 nitrogen and oxygen atoms in total. The van der Waals surface area contributed by atoms with Crippen molar-refractivity contribution in [2.24, 2.45) is 5.73 Å². The van der Waals surface area contributed by atoms with Gasteiger partial charge in [-0.2, -0.15) is 0 Å². The third kappa shape index (κ3) is 3.64. The first-order valence-corrected chi connectivity index (χ1v) is 8.78. The quantitative estimate of drug-likeness (QED) is 0.844. The van der Waals surface area contributed by atoms with Crippen molar-refractivity contribution in [2.75, 3.05) is 39.7 Å². The van der Waals surface area contributed by atoms with Gasteiger partial charge in [0.25, 0.3) is 0 Å². The van der Waals surface area contributed by atoms with E-state index < -0.39 is 0 Å². The highest BCUT2D eigenvalue weighted by molar-refractivity contribution is 5.91. The molecule has 0 aliphatic carbocycles. The van der Waals surface area contributed by atoms with Gasteiger partial charge in [-0.1, -0.05) is 12.1 Å². The van der Waals surface area contributed by atoms with E-state index in [0.717, 1.165) is 11.1 Å². The molecule has 0 fully saturated rings. The van der Waals surface area contributed by atoms with E-state index in [9.17, 15) is 4.79 Å². The number of hydrogen-bond donors (Lipinski definition) is 2. The summed E-state index contributed by atoms with van der Waals surface area (Å²) >= 11 is 0. The molecule has 1 aliphatic heterocycles. The maximum Gasteiger partial charge on any atom is 0.322 e. The van der Waals surface area contributed by atoms with E-state index in [-0.39, 0.29) is 12.1 Å². The fraction of sp³-hybridized carbons (Fsp3) is 0.350. The van der Waals surface area contributed by atoms with Gasteiger partial charge in [-0.3, -0.25) is 0 Å². The van der Waals surface area contributed by atoms with Crippen LogP contribution in [0.15, 0.2) is 36.4 Å². The number of nitrogens with zero attached hydrogens (tertiary/aromatic N) is 1. The van der Waals surface area contributed by atoms with Crippen molar-refractivity contribution in [2.45, 2.75) is 12.5 Å². The molecule has 1 aliphatic rings. The molecule has 144 valence electrons. The monoisotopic (exact) mass is 371 g/mol. The van der Waals surface area contributed by atoms with E-state index >= 15 is 0 Å². The van der Waals surface area contributed by atoms with E-state index in [1.54, 1.807) is 38.4 Å². The Kier molecular flexibility index (Phi) is 5.71. The molecule has 2 aromatic carbocycles. The van der Waals surface area contributed by atoms with E-state index in [4.69, 9.17) is 19.9 Å². The number of ether oxygens (including phenoxy) is 3. The number of benzene rings is 2. The Hall–Kier alpha value is -2.93. The molecule has 1 heterocycles. The van der Waals surface area contributed by atoms with Gasteiger partial charge >= 0.3 is 6.03 Å². The number of methoxy groups -OCH3 is 3. The summed E-state index contributed by atoms with van der Waals surface area (Å²) in [4.78, 5) is 14.7. The summed E-state index contributed by atoms with van der Waals surface area (Å²) in [6.07, 6.45) is 0.714. The lowest BCUT2D eigenvalue weighted by Crippen LogP contribution is -2.45. The zero-order valence-corrected chi connectivity index (χ0v) is 15.8. The first-order chi connectivity index (χ1) is 13.1. The number of carbonyl (C=O) groups excluding carboxylic acids is 1. The van der Waals surface area contributed by atoms with Crippen molar-refractivity contribution in [3.63, 3.8) is 0 Å². The molecule has 27 heavy (non-hydrogen) atoms. The van der Waals surface area contributed by atoms with Crippen LogP contribution in [-0.2, 0) is 6.42 Å². The largest absolute Gasteiger partial charge is 0.495 e. The molecule has 0 aromatic heterocycles. The van der Waals surface area contributed by atoms with Crippen LogP contribution in [0.1, 0.15) is 17.2 Å². The van der Waals surface area contributed by atoms with Gasteiger partial charge < -0.3 is 30.2 Å². The van der Waals surface area contributed by atoms with Crippen molar-refractivity contribution >= 4 is 11.7 Å². The van der Waals surface area contributed by atoms with Crippen LogP contribution in [0.4, 0.5) is 10.5 Å². The zero-order valence-electron chi connectivity index (χ0n) is 15.8. The van der Waals surface area contributed by atoms with E-state index in [2.05, 4.69) is 5.32 Å². The number of fused-ring (bicyclic) bond motifs is 1. The number of rotatable bonds is 5. The Morgan fingerprint density at radius 3 is 2.44 bits per heavy atom. The highest BCUT2D eigenvalue weighted by Gasteiger charge is 2.31. The van der Waals surface area contributed by atoms with E-state index in [1.807, 2.05) is 24.3 Å². The molecular formula is C20H25N3O4. The highest BCUT2D eigenvalue weighted by Crippen LogP contribution is 2.38. The number of urea groups is 1. The highest BCUT2D eigenvalue weighted by atomic mass is 16.5. The van der Waals surface area contributed by atoms with Gasteiger partial charge in [0, 0.05) is 13.1 Å². The Bertz CT molecular complexity index is 825. The molecule has 0 saturated carbocycles. The van der Waals surface area contributed by atoms with Crippen LogP contribution in [0.5, 0.6) is 17.2 Å². The lowest BCUT2D eigenvalue weighted by Gasteiger charge is -2.37. The third-order valence-electron chi connectivity index (χ3n) is 4.84. The van der Waals surface area contributed by atoms with Gasteiger partial charge in [0.2, 0.25) is 0 Å². The number of carbonyl (C=O) groups is 1. The Labute approximate surface area is 159 Å². The van der Waals surface area contributed by atoms with E-state index in [0.29, 0.717) is 42.4 Å². The van der Waals surface area contributed by atoms with E-state index in [1.165, 1.54) is 0 Å². The van der Waals surface area contributed by atoms with Crippen LogP contribution in [0, 0.1) is 0 Å². The van der Waals surface area contributed by atoms with Crippen molar-refractivity contribution in [3.8, 4) is 17.2 Å². The second-order valence-electron chi connectivity index (χ2n) is 6.23. The molecule has 7 heteroatoms. The maximum atomic E-state index is 12.9. The van der Waals surface area contributed by atoms with Crippen molar-refractivity contribution < 1.29 is 19.0 Å². The van der Waals surface area contributed by atoms with Crippen LogP contribution < -0.4 is 25.3 Å². The molecule has 2 aromatic rings. The first-order valence-electron chi connectivity index (χ1n) is 8.78. The number of nitrogens with two attached hydrogens (primary N) is 1. The van der Waals surface area contributed by atoms with Gasteiger partial charge in [0.15, 0.2) is 11.5 Å². The fourth-order valence-corrected chi connectivity index (χ4v) is 3.46. The van der Waals surface area contributed by atoms with Crippen LogP contribution in [0.3, 0.4) is 0 Å². The standard InChI is InChI=1S/C20H25N3O4/c1-25-17-7-5-4-6-15(17)22-20(24)23-9-8-13-10-18(26-2)19(27-3)11-14(13)16(23)12-21/h4-7,10-11,16H,8-9,12,21H2,1-3H3,(H,22,24)/t16-/m0/s1. The summed E-state index contributed by atoms with van der Waals surface area (Å²) in [6.45, 7) is 0.868. The summed E-state index contributed by atoms with van der Waals surface area (Å²) < 4.78 is 16.1. The number of anilines is 1. The third-order valence-corrected chi connectivity index (χ3v) is 4.84. The van der Waals surface area contributed by atoms with Crippen LogP contribution in [-0.4, -0.2) is 45.3 Å². The molecule has 0 radical (unpaired) electrons. The SMILES string of the molecule is COc1ccccc1NC(=O)N1CCc2cc(OC)c(OC)cc2[C@@H]1CN. The molecule has 0 bridgehead atoms. The number of nitrogens with one attached hydrogen (secondary N) is 1. The van der Waals surface area contributed by atoms with Crippen molar-refractivity contribution in [1.82, 2.24) is 4.90 Å². The minimum absolute atomic E-state index is 0.213. The molecule has 1 atom stereocenters. The van der Waals surface area contributed by atoms with Gasteiger partial charge in [-0.25, -0.2) is 4.79 Å². The summed E-state index contributed by atoms with van der Waals surface area (Å²) in [7, 11) is 4.78. The molecule has 3 N–H and O–H groups in total. The molecular weight excluding hydrogens is 346 g/mol. The average molecular weight is 371 g/mol.